The molecule has 0 radical (unpaired) electrons. The van der Waals surface area contributed by atoms with Crippen LogP contribution < -0.4 is 10.2 Å². The Kier molecular flexibility index (Phi) is 4.62. The van der Waals surface area contributed by atoms with Gasteiger partial charge in [-0.15, -0.1) is 0 Å². The first-order chi connectivity index (χ1) is 9.32. The standard InChI is InChI=1S/C16H25ClN2O/c1-11-9-19(10-16(3,4)20-11)15-7-6-13(8-14(15)17)12(2)18-5/h6-8,11-12,18H,9-10H2,1-5H3. The summed E-state index contributed by atoms with van der Waals surface area (Å²) in [5, 5.41) is 4.05. The van der Waals surface area contributed by atoms with Gasteiger partial charge < -0.3 is 15.0 Å². The molecule has 1 fully saturated rings. The Bertz CT molecular complexity index is 476. The zero-order valence-electron chi connectivity index (χ0n) is 13.0. The summed E-state index contributed by atoms with van der Waals surface area (Å²) in [6.45, 7) is 10.2. The zero-order valence-corrected chi connectivity index (χ0v) is 13.8. The Labute approximate surface area is 127 Å². The number of nitrogens with zero attached hydrogens (tertiary/aromatic N) is 1. The van der Waals surface area contributed by atoms with E-state index < -0.39 is 0 Å². The number of morpholine rings is 1. The molecule has 2 rings (SSSR count). The van der Waals surface area contributed by atoms with Crippen LogP contribution in [0.1, 0.15) is 39.3 Å². The predicted molar refractivity (Wildman–Crippen MR) is 85.8 cm³/mol. The van der Waals surface area contributed by atoms with Crippen molar-refractivity contribution >= 4 is 17.3 Å². The maximum absolute atomic E-state index is 6.49. The first kappa shape index (κ1) is 15.6. The van der Waals surface area contributed by atoms with Crippen LogP contribution in [0.4, 0.5) is 5.69 Å². The van der Waals surface area contributed by atoms with Gasteiger partial charge in [0, 0.05) is 19.1 Å². The topological polar surface area (TPSA) is 24.5 Å². The van der Waals surface area contributed by atoms with Gasteiger partial charge in [0.1, 0.15) is 0 Å². The highest BCUT2D eigenvalue weighted by molar-refractivity contribution is 6.33. The molecule has 0 amide bonds. The van der Waals surface area contributed by atoms with Gasteiger partial charge in [0.15, 0.2) is 0 Å². The maximum atomic E-state index is 6.49. The predicted octanol–water partition coefficient (Wildman–Crippen LogP) is 3.62. The van der Waals surface area contributed by atoms with Crippen molar-refractivity contribution in [2.45, 2.75) is 45.4 Å². The average molecular weight is 297 g/mol. The van der Waals surface area contributed by atoms with E-state index in [4.69, 9.17) is 16.3 Å². The molecule has 0 spiro atoms. The van der Waals surface area contributed by atoms with E-state index in [0.717, 1.165) is 23.8 Å². The Morgan fingerprint density at radius 3 is 2.70 bits per heavy atom. The van der Waals surface area contributed by atoms with E-state index in [1.807, 2.05) is 7.05 Å². The van der Waals surface area contributed by atoms with Crippen LogP contribution in [-0.4, -0.2) is 31.8 Å². The third-order valence-corrected chi connectivity index (χ3v) is 4.12. The van der Waals surface area contributed by atoms with Gasteiger partial charge >= 0.3 is 0 Å². The second kappa shape index (κ2) is 5.92. The zero-order chi connectivity index (χ0) is 14.9. The van der Waals surface area contributed by atoms with Crippen LogP contribution >= 0.6 is 11.6 Å². The first-order valence-electron chi connectivity index (χ1n) is 7.22. The number of anilines is 1. The number of hydrogen-bond donors (Lipinski definition) is 1. The van der Waals surface area contributed by atoms with Gasteiger partial charge in [0.25, 0.3) is 0 Å². The molecular weight excluding hydrogens is 272 g/mol. The van der Waals surface area contributed by atoms with Gasteiger partial charge in [-0.05, 0) is 52.4 Å². The second-order valence-electron chi connectivity index (χ2n) is 6.29. The summed E-state index contributed by atoms with van der Waals surface area (Å²) in [6, 6.07) is 6.64. The van der Waals surface area contributed by atoms with Crippen molar-refractivity contribution in [3.05, 3.63) is 28.8 Å². The van der Waals surface area contributed by atoms with Crippen LogP contribution in [0.5, 0.6) is 0 Å². The SMILES string of the molecule is CNC(C)c1ccc(N2CC(C)OC(C)(C)C2)c(Cl)c1. The van der Waals surface area contributed by atoms with E-state index in [0.29, 0.717) is 6.04 Å². The normalized spacial score (nSPS) is 23.7. The van der Waals surface area contributed by atoms with Crippen molar-refractivity contribution in [2.75, 3.05) is 25.0 Å². The highest BCUT2D eigenvalue weighted by Crippen LogP contribution is 2.33. The summed E-state index contributed by atoms with van der Waals surface area (Å²) >= 11 is 6.49. The molecule has 2 atom stereocenters. The van der Waals surface area contributed by atoms with E-state index in [9.17, 15) is 0 Å². The average Bonchev–Trinajstić information content (AvgIpc) is 2.35. The van der Waals surface area contributed by atoms with Crippen LogP contribution in [0.15, 0.2) is 18.2 Å². The number of rotatable bonds is 3. The summed E-state index contributed by atoms with van der Waals surface area (Å²) < 4.78 is 5.95. The molecule has 0 bridgehead atoms. The van der Waals surface area contributed by atoms with E-state index >= 15 is 0 Å². The number of benzene rings is 1. The lowest BCUT2D eigenvalue weighted by molar-refractivity contribution is -0.0749. The smallest absolute Gasteiger partial charge is 0.0805 e. The van der Waals surface area contributed by atoms with Gasteiger partial charge in [-0.2, -0.15) is 0 Å². The van der Waals surface area contributed by atoms with Gasteiger partial charge in [0.05, 0.1) is 22.4 Å². The van der Waals surface area contributed by atoms with Crippen molar-refractivity contribution in [2.24, 2.45) is 0 Å². The summed E-state index contributed by atoms with van der Waals surface area (Å²) in [5.41, 5.74) is 2.17. The molecule has 1 aromatic carbocycles. The van der Waals surface area contributed by atoms with Gasteiger partial charge in [-0.25, -0.2) is 0 Å². The van der Waals surface area contributed by atoms with E-state index in [-0.39, 0.29) is 11.7 Å². The Hall–Kier alpha value is -0.770. The third-order valence-electron chi connectivity index (χ3n) is 3.81. The first-order valence-corrected chi connectivity index (χ1v) is 7.59. The van der Waals surface area contributed by atoms with Crippen LogP contribution in [-0.2, 0) is 4.74 Å². The minimum Gasteiger partial charge on any atom is -0.369 e. The summed E-state index contributed by atoms with van der Waals surface area (Å²) in [5.74, 6) is 0. The minimum absolute atomic E-state index is 0.141. The molecule has 1 aliphatic heterocycles. The lowest BCUT2D eigenvalue weighted by Gasteiger charge is -2.43. The Morgan fingerprint density at radius 2 is 2.15 bits per heavy atom. The van der Waals surface area contributed by atoms with Crippen LogP contribution in [0.2, 0.25) is 5.02 Å². The molecule has 20 heavy (non-hydrogen) atoms. The minimum atomic E-state index is -0.141. The van der Waals surface area contributed by atoms with Crippen LogP contribution in [0.3, 0.4) is 0 Å². The highest BCUT2D eigenvalue weighted by atomic mass is 35.5. The third kappa shape index (κ3) is 3.46. The summed E-state index contributed by atoms with van der Waals surface area (Å²) in [6.07, 6.45) is 0.214. The van der Waals surface area contributed by atoms with Crippen molar-refractivity contribution in [1.29, 1.82) is 0 Å². The quantitative estimate of drug-likeness (QED) is 0.922. The van der Waals surface area contributed by atoms with E-state index in [1.54, 1.807) is 0 Å². The van der Waals surface area contributed by atoms with E-state index in [2.05, 4.69) is 56.1 Å². The highest BCUT2D eigenvalue weighted by Gasteiger charge is 2.32. The number of nitrogens with one attached hydrogen (secondary N) is 1. The maximum Gasteiger partial charge on any atom is 0.0805 e. The van der Waals surface area contributed by atoms with Crippen molar-refractivity contribution in [1.82, 2.24) is 5.32 Å². The molecule has 1 saturated heterocycles. The summed E-state index contributed by atoms with van der Waals surface area (Å²) in [4.78, 5) is 2.32. The van der Waals surface area contributed by atoms with Crippen molar-refractivity contribution in [3.63, 3.8) is 0 Å². The lowest BCUT2D eigenvalue weighted by Crippen LogP contribution is -2.52. The monoisotopic (exact) mass is 296 g/mol. The molecule has 1 N–H and O–H groups in total. The molecule has 1 aliphatic rings. The van der Waals surface area contributed by atoms with Crippen molar-refractivity contribution in [3.8, 4) is 0 Å². The van der Waals surface area contributed by atoms with Crippen LogP contribution in [0, 0.1) is 0 Å². The molecular formula is C16H25ClN2O. The van der Waals surface area contributed by atoms with Crippen molar-refractivity contribution < 1.29 is 4.74 Å². The fourth-order valence-electron chi connectivity index (χ4n) is 2.85. The molecule has 0 saturated carbocycles. The largest absolute Gasteiger partial charge is 0.369 e. The molecule has 3 nitrogen and oxygen atoms in total. The molecule has 0 aromatic heterocycles. The lowest BCUT2D eigenvalue weighted by atomic mass is 10.0. The molecule has 1 heterocycles. The molecule has 2 unspecified atom stereocenters. The van der Waals surface area contributed by atoms with Gasteiger partial charge in [-0.1, -0.05) is 17.7 Å². The second-order valence-corrected chi connectivity index (χ2v) is 6.70. The number of halogens is 1. The Balaban J connectivity index is 2.24. The van der Waals surface area contributed by atoms with Crippen LogP contribution in [0.25, 0.3) is 0 Å². The Morgan fingerprint density at radius 1 is 1.45 bits per heavy atom. The molecule has 112 valence electrons. The molecule has 1 aromatic rings. The van der Waals surface area contributed by atoms with Gasteiger partial charge in [0.2, 0.25) is 0 Å². The fraction of sp³-hybridized carbons (Fsp3) is 0.625. The number of hydrogen-bond acceptors (Lipinski definition) is 3. The number of ether oxygens (including phenoxy) is 1. The molecule has 4 heteroatoms. The van der Waals surface area contributed by atoms with Gasteiger partial charge in [-0.3, -0.25) is 0 Å². The fourth-order valence-corrected chi connectivity index (χ4v) is 3.16. The molecule has 0 aliphatic carbocycles. The van der Waals surface area contributed by atoms with E-state index in [1.165, 1.54) is 5.56 Å². The summed E-state index contributed by atoms with van der Waals surface area (Å²) in [7, 11) is 1.96.